The summed E-state index contributed by atoms with van der Waals surface area (Å²) in [5, 5.41) is 14.9. The van der Waals surface area contributed by atoms with Gasteiger partial charge in [0.2, 0.25) is 0 Å². The second-order valence-corrected chi connectivity index (χ2v) is 5.70. The van der Waals surface area contributed by atoms with Crippen molar-refractivity contribution in [1.82, 2.24) is 5.32 Å². The number of benzene rings is 1. The van der Waals surface area contributed by atoms with Gasteiger partial charge in [-0.15, -0.1) is 0 Å². The summed E-state index contributed by atoms with van der Waals surface area (Å²) in [6.07, 6.45) is 1.48. The lowest BCUT2D eigenvalue weighted by atomic mass is 10.0. The largest absolute Gasteiger partial charge is 0.389 e. The summed E-state index contributed by atoms with van der Waals surface area (Å²) in [4.78, 5) is 12.2. The van der Waals surface area contributed by atoms with Crippen molar-refractivity contribution in [1.29, 1.82) is 5.26 Å². The van der Waals surface area contributed by atoms with Crippen molar-refractivity contribution in [2.45, 2.75) is 34.6 Å². The van der Waals surface area contributed by atoms with E-state index in [4.69, 9.17) is 5.26 Å². The first-order valence-electron chi connectivity index (χ1n) is 7.08. The molecule has 0 spiro atoms. The Morgan fingerprint density at radius 3 is 2.33 bits per heavy atom. The first-order chi connectivity index (χ1) is 9.85. The van der Waals surface area contributed by atoms with E-state index in [-0.39, 0.29) is 11.5 Å². The molecule has 0 heterocycles. The minimum Gasteiger partial charge on any atom is -0.389 e. The van der Waals surface area contributed by atoms with Crippen LogP contribution in [-0.4, -0.2) is 12.5 Å². The van der Waals surface area contributed by atoms with Crippen LogP contribution in [0.1, 0.15) is 30.5 Å². The number of carbonyl (C=O) groups is 1. The van der Waals surface area contributed by atoms with Gasteiger partial charge in [-0.2, -0.15) is 5.26 Å². The van der Waals surface area contributed by atoms with Gasteiger partial charge >= 0.3 is 0 Å². The van der Waals surface area contributed by atoms with Gasteiger partial charge in [-0.1, -0.05) is 31.5 Å². The van der Waals surface area contributed by atoms with E-state index in [0.29, 0.717) is 5.92 Å². The van der Waals surface area contributed by atoms with Crippen molar-refractivity contribution >= 4 is 11.6 Å². The first kappa shape index (κ1) is 16.8. The van der Waals surface area contributed by atoms with Gasteiger partial charge in [0.05, 0.1) is 0 Å². The quantitative estimate of drug-likeness (QED) is 0.645. The molecule has 0 atom stereocenters. The van der Waals surface area contributed by atoms with E-state index in [1.54, 1.807) is 0 Å². The minimum absolute atomic E-state index is 0.0787. The highest BCUT2D eigenvalue weighted by Crippen LogP contribution is 2.22. The van der Waals surface area contributed by atoms with Crippen molar-refractivity contribution in [3.05, 3.63) is 40.6 Å². The molecule has 0 aliphatic rings. The zero-order chi connectivity index (χ0) is 16.0. The van der Waals surface area contributed by atoms with Crippen LogP contribution in [0.25, 0.3) is 0 Å². The fraction of sp³-hybridized carbons (Fsp3) is 0.412. The molecule has 0 aromatic heterocycles. The monoisotopic (exact) mass is 285 g/mol. The topological polar surface area (TPSA) is 64.9 Å². The van der Waals surface area contributed by atoms with E-state index in [1.807, 2.05) is 39.0 Å². The third-order valence-corrected chi connectivity index (χ3v) is 3.05. The third kappa shape index (κ3) is 4.96. The lowest BCUT2D eigenvalue weighted by Gasteiger charge is -2.12. The fourth-order valence-electron chi connectivity index (χ4n) is 2.10. The molecule has 0 radical (unpaired) electrons. The van der Waals surface area contributed by atoms with Gasteiger partial charge in [0, 0.05) is 18.4 Å². The van der Waals surface area contributed by atoms with Crippen LogP contribution in [0.4, 0.5) is 5.69 Å². The maximum atomic E-state index is 12.2. The number of hydrogen-bond acceptors (Lipinski definition) is 3. The highest BCUT2D eigenvalue weighted by atomic mass is 16.1. The van der Waals surface area contributed by atoms with Crippen molar-refractivity contribution in [3.63, 3.8) is 0 Å². The summed E-state index contributed by atoms with van der Waals surface area (Å²) < 4.78 is 0. The Balaban J connectivity index is 2.87. The number of nitrogens with zero attached hydrogens (tertiary/aromatic N) is 1. The number of anilines is 1. The number of nitriles is 1. The summed E-state index contributed by atoms with van der Waals surface area (Å²) in [5.41, 5.74) is 3.99. The predicted molar refractivity (Wildman–Crippen MR) is 85.8 cm³/mol. The Hall–Kier alpha value is -2.28. The van der Waals surface area contributed by atoms with Crippen LogP contribution in [0.3, 0.4) is 0 Å². The minimum atomic E-state index is -0.385. The Labute approximate surface area is 126 Å². The summed E-state index contributed by atoms with van der Waals surface area (Å²) in [7, 11) is 0. The second kappa shape index (κ2) is 7.49. The van der Waals surface area contributed by atoms with Gasteiger partial charge in [0.15, 0.2) is 0 Å². The molecule has 1 aromatic rings. The summed E-state index contributed by atoms with van der Waals surface area (Å²) in [6.45, 7) is 10.8. The van der Waals surface area contributed by atoms with Crippen LogP contribution in [0.5, 0.6) is 0 Å². The molecule has 21 heavy (non-hydrogen) atoms. The van der Waals surface area contributed by atoms with Gasteiger partial charge in [-0.25, -0.2) is 0 Å². The number of aryl methyl sites for hydroxylation is 3. The average molecular weight is 285 g/mol. The highest BCUT2D eigenvalue weighted by molar-refractivity contribution is 6.07. The van der Waals surface area contributed by atoms with E-state index >= 15 is 0 Å². The van der Waals surface area contributed by atoms with E-state index in [0.717, 1.165) is 28.9 Å². The third-order valence-electron chi connectivity index (χ3n) is 3.05. The molecular formula is C17H23N3O. The van der Waals surface area contributed by atoms with E-state index in [2.05, 4.69) is 24.5 Å². The molecule has 0 aliphatic carbocycles. The van der Waals surface area contributed by atoms with Crippen LogP contribution in [0.2, 0.25) is 0 Å². The molecule has 1 aromatic carbocycles. The Bertz CT molecular complexity index is 572. The number of nitrogens with one attached hydrogen (secondary N) is 2. The van der Waals surface area contributed by atoms with E-state index < -0.39 is 0 Å². The van der Waals surface area contributed by atoms with Crippen LogP contribution in [0, 0.1) is 38.0 Å². The molecule has 0 bridgehead atoms. The molecule has 1 amide bonds. The van der Waals surface area contributed by atoms with Gasteiger partial charge in [0.25, 0.3) is 5.91 Å². The SMILES string of the molecule is Cc1cc(C)c(NC(=O)/C(C#N)=C\NCC(C)C)c(C)c1. The van der Waals surface area contributed by atoms with Gasteiger partial charge < -0.3 is 10.6 Å². The molecule has 1 rings (SSSR count). The molecule has 0 saturated carbocycles. The number of amides is 1. The molecule has 0 fully saturated rings. The van der Waals surface area contributed by atoms with Crippen LogP contribution in [-0.2, 0) is 4.79 Å². The predicted octanol–water partition coefficient (Wildman–Crippen LogP) is 3.20. The summed E-state index contributed by atoms with van der Waals surface area (Å²) >= 11 is 0. The van der Waals surface area contributed by atoms with E-state index in [1.165, 1.54) is 6.20 Å². The number of carbonyl (C=O) groups excluding carboxylic acids is 1. The summed E-state index contributed by atoms with van der Waals surface area (Å²) in [5.74, 6) is 0.0645. The number of hydrogen-bond donors (Lipinski definition) is 2. The molecule has 2 N–H and O–H groups in total. The molecule has 4 nitrogen and oxygen atoms in total. The Kier molecular flexibility index (Phi) is 5.98. The molecule has 0 aliphatic heterocycles. The average Bonchev–Trinajstić information content (AvgIpc) is 2.38. The van der Waals surface area contributed by atoms with Crippen molar-refractivity contribution in [3.8, 4) is 6.07 Å². The molecule has 0 unspecified atom stereocenters. The molecule has 112 valence electrons. The number of rotatable bonds is 5. The molecule has 0 saturated heterocycles. The molecule has 4 heteroatoms. The Morgan fingerprint density at radius 1 is 1.29 bits per heavy atom. The zero-order valence-electron chi connectivity index (χ0n) is 13.4. The standard InChI is InChI=1S/C17H23N3O/c1-11(2)9-19-10-15(8-18)17(21)20-16-13(4)6-12(3)7-14(16)5/h6-7,10-11,19H,9H2,1-5H3,(H,20,21)/b15-10-. The second-order valence-electron chi connectivity index (χ2n) is 5.70. The van der Waals surface area contributed by atoms with Crippen molar-refractivity contribution < 1.29 is 4.79 Å². The Morgan fingerprint density at radius 2 is 1.86 bits per heavy atom. The maximum Gasteiger partial charge on any atom is 0.267 e. The van der Waals surface area contributed by atoms with Crippen LogP contribution < -0.4 is 10.6 Å². The van der Waals surface area contributed by atoms with Crippen molar-refractivity contribution in [2.75, 3.05) is 11.9 Å². The van der Waals surface area contributed by atoms with E-state index in [9.17, 15) is 4.79 Å². The maximum absolute atomic E-state index is 12.2. The highest BCUT2D eigenvalue weighted by Gasteiger charge is 2.12. The summed E-state index contributed by atoms with van der Waals surface area (Å²) in [6, 6.07) is 5.95. The normalized spacial score (nSPS) is 11.2. The van der Waals surface area contributed by atoms with Crippen LogP contribution >= 0.6 is 0 Å². The van der Waals surface area contributed by atoms with Gasteiger partial charge in [-0.05, 0) is 37.8 Å². The lowest BCUT2D eigenvalue weighted by Crippen LogP contribution is -2.19. The fourth-order valence-corrected chi connectivity index (χ4v) is 2.10. The smallest absolute Gasteiger partial charge is 0.267 e. The molecular weight excluding hydrogens is 262 g/mol. The van der Waals surface area contributed by atoms with Crippen molar-refractivity contribution in [2.24, 2.45) is 5.92 Å². The van der Waals surface area contributed by atoms with Crippen LogP contribution in [0.15, 0.2) is 23.9 Å². The van der Waals surface area contributed by atoms with Gasteiger partial charge in [0.1, 0.15) is 11.6 Å². The van der Waals surface area contributed by atoms with Gasteiger partial charge in [-0.3, -0.25) is 4.79 Å². The first-order valence-corrected chi connectivity index (χ1v) is 7.08. The lowest BCUT2D eigenvalue weighted by molar-refractivity contribution is -0.112. The zero-order valence-corrected chi connectivity index (χ0v) is 13.4.